The lowest BCUT2D eigenvalue weighted by molar-refractivity contribution is 0.138. The third kappa shape index (κ3) is 3.41. The largest absolute Gasteiger partial charge is 0.490 e. The molecule has 3 rings (SSSR count). The van der Waals surface area contributed by atoms with E-state index in [-0.39, 0.29) is 18.2 Å². The molecule has 0 bridgehead atoms. The first-order valence-corrected chi connectivity index (χ1v) is 8.26. The van der Waals surface area contributed by atoms with Crippen molar-refractivity contribution in [2.45, 2.75) is 69.6 Å². The first-order valence-electron chi connectivity index (χ1n) is 8.26. The number of nitrogens with one attached hydrogen (secondary N) is 1. The first-order chi connectivity index (χ1) is 10.1. The molecule has 0 heterocycles. The Balaban J connectivity index is 1.66. The number of rotatable bonds is 6. The van der Waals surface area contributed by atoms with Crippen LogP contribution in [0.4, 0.5) is 0 Å². The summed E-state index contributed by atoms with van der Waals surface area (Å²) in [5, 5.41) is 13.4. The van der Waals surface area contributed by atoms with E-state index in [4.69, 9.17) is 4.74 Å². The maximum absolute atomic E-state index is 9.80. The molecule has 2 aliphatic rings. The van der Waals surface area contributed by atoms with Crippen molar-refractivity contribution in [3.05, 3.63) is 29.8 Å². The van der Waals surface area contributed by atoms with Crippen LogP contribution >= 0.6 is 0 Å². The van der Waals surface area contributed by atoms with Crippen LogP contribution in [0.25, 0.3) is 0 Å². The monoisotopic (exact) mass is 289 g/mol. The number of aliphatic hydroxyl groups excluding tert-OH is 1. The smallest absolute Gasteiger partial charge is 0.123 e. The second kappa shape index (κ2) is 5.98. The van der Waals surface area contributed by atoms with Gasteiger partial charge in [-0.05, 0) is 43.2 Å². The van der Waals surface area contributed by atoms with Crippen LogP contribution in [-0.2, 0) is 0 Å². The zero-order valence-electron chi connectivity index (χ0n) is 13.1. The van der Waals surface area contributed by atoms with Gasteiger partial charge in [0.2, 0.25) is 0 Å². The van der Waals surface area contributed by atoms with E-state index in [0.717, 1.165) is 25.0 Å². The van der Waals surface area contributed by atoms with E-state index in [0.29, 0.717) is 12.0 Å². The molecule has 2 atom stereocenters. The highest BCUT2D eigenvalue weighted by Crippen LogP contribution is 2.37. The van der Waals surface area contributed by atoms with E-state index in [1.807, 2.05) is 6.07 Å². The summed E-state index contributed by atoms with van der Waals surface area (Å²) >= 11 is 0. The highest BCUT2D eigenvalue weighted by atomic mass is 16.5. The molecule has 1 aromatic rings. The van der Waals surface area contributed by atoms with Gasteiger partial charge in [0.1, 0.15) is 11.9 Å². The summed E-state index contributed by atoms with van der Waals surface area (Å²) in [6.07, 6.45) is 5.66. The van der Waals surface area contributed by atoms with Crippen LogP contribution in [0, 0.1) is 0 Å². The maximum Gasteiger partial charge on any atom is 0.123 e. The third-order valence-corrected chi connectivity index (χ3v) is 4.79. The second-order valence-electron chi connectivity index (χ2n) is 7.03. The van der Waals surface area contributed by atoms with Crippen molar-refractivity contribution < 1.29 is 9.84 Å². The van der Waals surface area contributed by atoms with Gasteiger partial charge in [0.15, 0.2) is 0 Å². The number of hydrogen-bond donors (Lipinski definition) is 2. The summed E-state index contributed by atoms with van der Waals surface area (Å²) < 4.78 is 6.28. The molecule has 116 valence electrons. The van der Waals surface area contributed by atoms with Crippen LogP contribution in [0.15, 0.2) is 24.3 Å². The minimum Gasteiger partial charge on any atom is -0.490 e. The number of ether oxygens (including phenoxy) is 1. The molecule has 0 spiro atoms. The molecule has 2 N–H and O–H groups in total. The van der Waals surface area contributed by atoms with Crippen molar-refractivity contribution in [3.63, 3.8) is 0 Å². The van der Waals surface area contributed by atoms with E-state index in [9.17, 15) is 5.11 Å². The summed E-state index contributed by atoms with van der Waals surface area (Å²) in [5.41, 5.74) is 1.16. The molecular formula is C18H27NO2. The van der Waals surface area contributed by atoms with Crippen LogP contribution in [-0.4, -0.2) is 29.4 Å². The summed E-state index contributed by atoms with van der Waals surface area (Å²) in [7, 11) is 0. The van der Waals surface area contributed by atoms with Crippen molar-refractivity contribution in [2.24, 2.45) is 0 Å². The van der Waals surface area contributed by atoms with Gasteiger partial charge in [-0.25, -0.2) is 0 Å². The fraction of sp³-hybridized carbons (Fsp3) is 0.667. The van der Waals surface area contributed by atoms with Crippen molar-refractivity contribution in [1.29, 1.82) is 0 Å². The van der Waals surface area contributed by atoms with E-state index in [1.165, 1.54) is 18.4 Å². The van der Waals surface area contributed by atoms with Crippen LogP contribution in [0.1, 0.15) is 57.4 Å². The topological polar surface area (TPSA) is 41.5 Å². The van der Waals surface area contributed by atoms with Crippen molar-refractivity contribution >= 4 is 0 Å². The Labute approximate surface area is 127 Å². The quantitative estimate of drug-likeness (QED) is 0.845. The normalized spacial score (nSPS) is 29.0. The minimum atomic E-state index is -0.112. The van der Waals surface area contributed by atoms with Gasteiger partial charge in [-0.1, -0.05) is 32.0 Å². The number of hydrogen-bond acceptors (Lipinski definition) is 3. The van der Waals surface area contributed by atoms with E-state index >= 15 is 0 Å². The molecule has 0 aromatic heterocycles. The SMILES string of the molecule is CC(C)c1ccccc1OC1CCC(CO)(NC2CC2)C1. The molecule has 3 heteroatoms. The average molecular weight is 289 g/mol. The molecular weight excluding hydrogens is 262 g/mol. The second-order valence-corrected chi connectivity index (χ2v) is 7.03. The molecule has 0 radical (unpaired) electrons. The molecule has 3 nitrogen and oxygen atoms in total. The molecule has 2 saturated carbocycles. The highest BCUT2D eigenvalue weighted by molar-refractivity contribution is 5.35. The number of aliphatic hydroxyl groups is 1. The van der Waals surface area contributed by atoms with E-state index in [1.54, 1.807) is 0 Å². The lowest BCUT2D eigenvalue weighted by Crippen LogP contribution is -2.48. The van der Waals surface area contributed by atoms with Crippen LogP contribution < -0.4 is 10.1 Å². The molecule has 0 amide bonds. The predicted octanol–water partition coefficient (Wildman–Crippen LogP) is 3.22. The average Bonchev–Trinajstić information content (AvgIpc) is 3.19. The van der Waals surface area contributed by atoms with Gasteiger partial charge in [0.05, 0.1) is 6.61 Å². The van der Waals surface area contributed by atoms with Gasteiger partial charge < -0.3 is 15.2 Å². The third-order valence-electron chi connectivity index (χ3n) is 4.79. The molecule has 2 aliphatic carbocycles. The Kier molecular flexibility index (Phi) is 4.23. The zero-order chi connectivity index (χ0) is 14.9. The van der Waals surface area contributed by atoms with Crippen molar-refractivity contribution in [2.75, 3.05) is 6.61 Å². The number of benzene rings is 1. The van der Waals surface area contributed by atoms with Gasteiger partial charge in [-0.2, -0.15) is 0 Å². The lowest BCUT2D eigenvalue weighted by atomic mass is 9.98. The Morgan fingerprint density at radius 2 is 2.05 bits per heavy atom. The highest BCUT2D eigenvalue weighted by Gasteiger charge is 2.43. The van der Waals surface area contributed by atoms with Gasteiger partial charge in [0, 0.05) is 18.0 Å². The van der Waals surface area contributed by atoms with Crippen molar-refractivity contribution in [1.82, 2.24) is 5.32 Å². The van der Waals surface area contributed by atoms with E-state index in [2.05, 4.69) is 37.4 Å². The van der Waals surface area contributed by atoms with E-state index < -0.39 is 0 Å². The summed E-state index contributed by atoms with van der Waals surface area (Å²) in [6.45, 7) is 4.61. The van der Waals surface area contributed by atoms with Crippen molar-refractivity contribution in [3.8, 4) is 5.75 Å². The predicted molar refractivity (Wildman–Crippen MR) is 84.8 cm³/mol. The summed E-state index contributed by atoms with van der Waals surface area (Å²) in [5.74, 6) is 1.48. The molecule has 0 aliphatic heterocycles. The summed E-state index contributed by atoms with van der Waals surface area (Å²) in [4.78, 5) is 0. The first kappa shape index (κ1) is 14.9. The standard InChI is InChI=1S/C18H27NO2/c1-13(2)16-5-3-4-6-17(16)21-15-9-10-18(11-15,12-20)19-14-7-8-14/h3-6,13-15,19-20H,7-12H2,1-2H3. The zero-order valence-corrected chi connectivity index (χ0v) is 13.1. The fourth-order valence-corrected chi connectivity index (χ4v) is 3.40. The Hall–Kier alpha value is -1.06. The van der Waals surface area contributed by atoms with Crippen LogP contribution in [0.3, 0.4) is 0 Å². The van der Waals surface area contributed by atoms with Crippen LogP contribution in [0.2, 0.25) is 0 Å². The Morgan fingerprint density at radius 1 is 1.29 bits per heavy atom. The fourth-order valence-electron chi connectivity index (χ4n) is 3.40. The van der Waals surface area contributed by atoms with Gasteiger partial charge in [0.25, 0.3) is 0 Å². The lowest BCUT2D eigenvalue weighted by Gasteiger charge is -2.29. The Morgan fingerprint density at radius 3 is 2.71 bits per heavy atom. The minimum absolute atomic E-state index is 0.112. The van der Waals surface area contributed by atoms with Gasteiger partial charge in [-0.3, -0.25) is 0 Å². The van der Waals surface area contributed by atoms with Gasteiger partial charge >= 0.3 is 0 Å². The molecule has 0 saturated heterocycles. The molecule has 1 aromatic carbocycles. The van der Waals surface area contributed by atoms with Gasteiger partial charge in [-0.15, -0.1) is 0 Å². The number of para-hydroxylation sites is 1. The molecule has 2 unspecified atom stereocenters. The maximum atomic E-state index is 9.80. The molecule has 2 fully saturated rings. The Bertz CT molecular complexity index is 484. The van der Waals surface area contributed by atoms with Crippen LogP contribution in [0.5, 0.6) is 5.75 Å². The summed E-state index contributed by atoms with van der Waals surface area (Å²) in [6, 6.07) is 8.96. The molecule has 21 heavy (non-hydrogen) atoms.